The number of nitrogens with zero attached hydrogens (tertiary/aromatic N) is 3. The van der Waals surface area contributed by atoms with Crippen LogP contribution in [0, 0.1) is 0 Å². The molecule has 33 heavy (non-hydrogen) atoms. The molecule has 0 bridgehead atoms. The third-order valence-electron chi connectivity index (χ3n) is 5.84. The van der Waals surface area contributed by atoms with Gasteiger partial charge in [-0.3, -0.25) is 24.0 Å². The first kappa shape index (κ1) is 24.9. The van der Waals surface area contributed by atoms with Gasteiger partial charge < -0.3 is 14.5 Å². The average Bonchev–Trinajstić information content (AvgIpc) is 3.12. The van der Waals surface area contributed by atoms with Crippen LogP contribution in [0.2, 0.25) is 0 Å². The molecular formula is C21H30N4O7S. The Morgan fingerprint density at radius 3 is 2.64 bits per heavy atom. The lowest BCUT2D eigenvalue weighted by molar-refractivity contribution is -0.132. The van der Waals surface area contributed by atoms with Crippen LogP contribution in [-0.4, -0.2) is 71.3 Å². The molecule has 1 saturated heterocycles. The number of aliphatic imine (C=N–C) groups is 1. The molecule has 2 amide bonds. The fourth-order valence-electron chi connectivity index (χ4n) is 4.19. The van der Waals surface area contributed by atoms with Crippen molar-refractivity contribution in [2.75, 3.05) is 20.2 Å². The fourth-order valence-corrected chi connectivity index (χ4v) is 4.19. The van der Waals surface area contributed by atoms with E-state index in [1.807, 2.05) is 35.0 Å². The number of hydrogen-bond donors (Lipinski definition) is 3. The standard InChI is InChI=1S/C21H28N4O3.H2O4S/c1-24(16-6-3-2-4-7-16)20(27)8-5-11-28-17-9-10-18-15(12-17)13-25-14-19(26)23-21(25)22-18;1-5(2,3)4/h9-10,12,16H,2-8,11,13-14H2,1H3,(H,22,23,26);(H2,1,2,3,4). The largest absolute Gasteiger partial charge is 0.494 e. The number of rotatable bonds is 6. The van der Waals surface area contributed by atoms with E-state index in [9.17, 15) is 9.59 Å². The molecule has 2 aliphatic heterocycles. The number of hydrogen-bond acceptors (Lipinski definition) is 7. The zero-order valence-corrected chi connectivity index (χ0v) is 19.4. The molecule has 12 heteroatoms. The van der Waals surface area contributed by atoms with Crippen molar-refractivity contribution in [3.63, 3.8) is 0 Å². The molecule has 1 aromatic rings. The average molecular weight is 483 g/mol. The number of nitrogens with one attached hydrogen (secondary N) is 1. The molecule has 0 unspecified atom stereocenters. The number of guanidine groups is 1. The second-order valence-corrected chi connectivity index (χ2v) is 9.22. The van der Waals surface area contributed by atoms with Gasteiger partial charge in [-0.15, -0.1) is 0 Å². The van der Waals surface area contributed by atoms with E-state index in [1.165, 1.54) is 19.3 Å². The zero-order valence-electron chi connectivity index (χ0n) is 18.6. The highest BCUT2D eigenvalue weighted by atomic mass is 32.3. The highest BCUT2D eigenvalue weighted by molar-refractivity contribution is 7.79. The maximum absolute atomic E-state index is 12.4. The maximum atomic E-state index is 12.4. The molecule has 4 rings (SSSR count). The SMILES string of the molecule is CN(C(=O)CCCOc1ccc2c(c1)CN1CC(=O)NC1=N2)C1CCCCC1.O=S(=O)(O)O. The van der Waals surface area contributed by atoms with Gasteiger partial charge in [-0.25, -0.2) is 4.99 Å². The van der Waals surface area contributed by atoms with Crippen LogP contribution < -0.4 is 10.1 Å². The van der Waals surface area contributed by atoms with Crippen molar-refractivity contribution in [1.29, 1.82) is 0 Å². The second kappa shape index (κ2) is 10.9. The van der Waals surface area contributed by atoms with E-state index in [-0.39, 0.29) is 11.8 Å². The summed E-state index contributed by atoms with van der Waals surface area (Å²) >= 11 is 0. The quantitative estimate of drug-likeness (QED) is 0.411. The van der Waals surface area contributed by atoms with Crippen molar-refractivity contribution in [2.45, 2.75) is 57.5 Å². The summed E-state index contributed by atoms with van der Waals surface area (Å²) in [4.78, 5) is 32.3. The van der Waals surface area contributed by atoms with E-state index in [0.29, 0.717) is 44.5 Å². The number of carbonyl (C=O) groups excluding carboxylic acids is 2. The smallest absolute Gasteiger partial charge is 0.394 e. The first-order valence-electron chi connectivity index (χ1n) is 10.9. The summed E-state index contributed by atoms with van der Waals surface area (Å²) < 4.78 is 37.4. The van der Waals surface area contributed by atoms with Gasteiger partial charge in [0.25, 0.3) is 0 Å². The van der Waals surface area contributed by atoms with Crippen LogP contribution in [-0.2, 0) is 26.5 Å². The summed E-state index contributed by atoms with van der Waals surface area (Å²) in [5.74, 6) is 1.61. The molecule has 1 aliphatic carbocycles. The fraction of sp³-hybridized carbons (Fsp3) is 0.571. The number of benzene rings is 1. The molecule has 182 valence electrons. The molecule has 0 aromatic heterocycles. The number of fused-ring (bicyclic) bond motifs is 2. The molecule has 2 heterocycles. The van der Waals surface area contributed by atoms with Gasteiger partial charge in [0, 0.05) is 31.6 Å². The van der Waals surface area contributed by atoms with Gasteiger partial charge >= 0.3 is 10.4 Å². The molecular weight excluding hydrogens is 452 g/mol. The maximum Gasteiger partial charge on any atom is 0.394 e. The first-order chi connectivity index (χ1) is 15.6. The summed E-state index contributed by atoms with van der Waals surface area (Å²) in [6, 6.07) is 6.21. The minimum Gasteiger partial charge on any atom is -0.494 e. The van der Waals surface area contributed by atoms with Crippen LogP contribution in [0.25, 0.3) is 0 Å². The molecule has 3 aliphatic rings. The van der Waals surface area contributed by atoms with E-state index in [4.69, 9.17) is 22.3 Å². The van der Waals surface area contributed by atoms with Crippen molar-refractivity contribution in [3.8, 4) is 5.75 Å². The van der Waals surface area contributed by atoms with Crippen LogP contribution in [0.1, 0.15) is 50.5 Å². The van der Waals surface area contributed by atoms with Crippen LogP contribution in [0.5, 0.6) is 5.75 Å². The number of carbonyl (C=O) groups is 2. The van der Waals surface area contributed by atoms with Gasteiger partial charge in [0.15, 0.2) is 0 Å². The summed E-state index contributed by atoms with van der Waals surface area (Å²) in [5, 5.41) is 2.77. The van der Waals surface area contributed by atoms with Crippen LogP contribution in [0.4, 0.5) is 5.69 Å². The molecule has 0 radical (unpaired) electrons. The molecule has 1 aromatic carbocycles. The van der Waals surface area contributed by atoms with Gasteiger partial charge in [0.1, 0.15) is 12.3 Å². The van der Waals surface area contributed by atoms with Gasteiger partial charge in [-0.1, -0.05) is 19.3 Å². The summed E-state index contributed by atoms with van der Waals surface area (Å²) in [6.45, 7) is 1.51. The van der Waals surface area contributed by atoms with Crippen molar-refractivity contribution in [2.24, 2.45) is 4.99 Å². The van der Waals surface area contributed by atoms with Crippen LogP contribution in [0.15, 0.2) is 23.2 Å². The molecule has 0 atom stereocenters. The van der Waals surface area contributed by atoms with E-state index in [0.717, 1.165) is 29.8 Å². The predicted octanol–water partition coefficient (Wildman–Crippen LogP) is 1.92. The van der Waals surface area contributed by atoms with Crippen molar-refractivity contribution in [1.82, 2.24) is 15.1 Å². The molecule has 3 N–H and O–H groups in total. The Bertz CT molecular complexity index is 998. The predicted molar refractivity (Wildman–Crippen MR) is 121 cm³/mol. The Kier molecular flexibility index (Phi) is 8.27. The van der Waals surface area contributed by atoms with E-state index in [2.05, 4.69) is 10.3 Å². The van der Waals surface area contributed by atoms with Gasteiger partial charge in [0.2, 0.25) is 17.8 Å². The Labute approximate surface area is 193 Å². The van der Waals surface area contributed by atoms with Crippen LogP contribution in [0.3, 0.4) is 0 Å². The van der Waals surface area contributed by atoms with Crippen LogP contribution >= 0.6 is 0 Å². The topological polar surface area (TPSA) is 149 Å². The number of ether oxygens (including phenoxy) is 1. The first-order valence-corrected chi connectivity index (χ1v) is 12.3. The minimum absolute atomic E-state index is 0.0223. The van der Waals surface area contributed by atoms with Crippen molar-refractivity contribution >= 4 is 33.9 Å². The molecule has 0 spiro atoms. The summed E-state index contributed by atoms with van der Waals surface area (Å²) in [7, 11) is -2.73. The lowest BCUT2D eigenvalue weighted by Crippen LogP contribution is -2.38. The monoisotopic (exact) mass is 482 g/mol. The Balaban J connectivity index is 0.000000555. The molecule has 2 fully saturated rings. The van der Waals surface area contributed by atoms with E-state index < -0.39 is 10.4 Å². The third-order valence-corrected chi connectivity index (χ3v) is 5.84. The third kappa shape index (κ3) is 7.69. The lowest BCUT2D eigenvalue weighted by Gasteiger charge is -2.31. The van der Waals surface area contributed by atoms with E-state index >= 15 is 0 Å². The van der Waals surface area contributed by atoms with Gasteiger partial charge in [0.05, 0.1) is 12.3 Å². The van der Waals surface area contributed by atoms with Crippen molar-refractivity contribution < 1.29 is 31.8 Å². The highest BCUT2D eigenvalue weighted by Gasteiger charge is 2.29. The molecule has 1 saturated carbocycles. The Hall–Kier alpha value is -2.70. The minimum atomic E-state index is -4.67. The zero-order chi connectivity index (χ0) is 24.0. The Morgan fingerprint density at radius 1 is 1.24 bits per heavy atom. The number of amides is 2. The summed E-state index contributed by atoms with van der Waals surface area (Å²) in [5.41, 5.74) is 1.91. The normalized spacial score (nSPS) is 17.7. The van der Waals surface area contributed by atoms with Gasteiger partial charge in [-0.2, -0.15) is 8.42 Å². The van der Waals surface area contributed by atoms with Crippen molar-refractivity contribution in [3.05, 3.63) is 23.8 Å². The summed E-state index contributed by atoms with van der Waals surface area (Å²) in [6.07, 6.45) is 7.26. The van der Waals surface area contributed by atoms with E-state index in [1.54, 1.807) is 0 Å². The Morgan fingerprint density at radius 2 is 1.94 bits per heavy atom. The van der Waals surface area contributed by atoms with Gasteiger partial charge in [-0.05, 0) is 37.5 Å². The lowest BCUT2D eigenvalue weighted by atomic mass is 9.94. The highest BCUT2D eigenvalue weighted by Crippen LogP contribution is 2.30. The molecule has 11 nitrogen and oxygen atoms in total. The second-order valence-electron chi connectivity index (χ2n) is 8.33.